The summed E-state index contributed by atoms with van der Waals surface area (Å²) >= 11 is 0. The summed E-state index contributed by atoms with van der Waals surface area (Å²) in [4.78, 5) is 17.0. The zero-order valence-corrected chi connectivity index (χ0v) is 14.1. The summed E-state index contributed by atoms with van der Waals surface area (Å²) in [7, 11) is 0. The van der Waals surface area contributed by atoms with E-state index < -0.39 is 6.03 Å². The Morgan fingerprint density at radius 1 is 1.28 bits per heavy atom. The van der Waals surface area contributed by atoms with Crippen LogP contribution in [0.4, 0.5) is 10.6 Å². The molecular weight excluding hydrogens is 320 g/mol. The lowest BCUT2D eigenvalue weighted by atomic mass is 10.1. The number of nitrogens with one attached hydrogen (secondary N) is 2. The molecule has 0 saturated heterocycles. The topological polar surface area (TPSA) is 101 Å². The molecule has 8 heteroatoms. The van der Waals surface area contributed by atoms with Crippen molar-refractivity contribution in [3.63, 3.8) is 0 Å². The number of rotatable bonds is 7. The van der Waals surface area contributed by atoms with Gasteiger partial charge in [0, 0.05) is 11.5 Å². The molecule has 0 radical (unpaired) electrons. The van der Waals surface area contributed by atoms with Gasteiger partial charge >= 0.3 is 6.03 Å². The van der Waals surface area contributed by atoms with Crippen molar-refractivity contribution in [1.82, 2.24) is 15.5 Å². The van der Waals surface area contributed by atoms with Crippen molar-refractivity contribution in [3.05, 3.63) is 66.2 Å². The van der Waals surface area contributed by atoms with Crippen LogP contribution >= 0.6 is 0 Å². The van der Waals surface area contributed by atoms with Gasteiger partial charge in [-0.05, 0) is 44.0 Å². The van der Waals surface area contributed by atoms with Crippen molar-refractivity contribution in [3.8, 4) is 0 Å². The Hall–Kier alpha value is -3.29. The van der Waals surface area contributed by atoms with Crippen LogP contribution < -0.4 is 10.6 Å². The summed E-state index contributed by atoms with van der Waals surface area (Å²) in [6.07, 6.45) is 3.83. The van der Waals surface area contributed by atoms with Crippen LogP contribution in [0.15, 0.2) is 71.0 Å². The highest BCUT2D eigenvalue weighted by atomic mass is 16.7. The van der Waals surface area contributed by atoms with Gasteiger partial charge in [0.1, 0.15) is 0 Å². The third kappa shape index (κ3) is 6.78. The molecule has 0 spiro atoms. The molecule has 1 aromatic heterocycles. The zero-order chi connectivity index (χ0) is 17.9. The third-order valence-corrected chi connectivity index (χ3v) is 3.07. The molecule has 0 bridgehead atoms. The summed E-state index contributed by atoms with van der Waals surface area (Å²) in [5.74, 6) is 0.491. The van der Waals surface area contributed by atoms with Gasteiger partial charge in [-0.3, -0.25) is 10.6 Å². The van der Waals surface area contributed by atoms with E-state index in [-0.39, 0.29) is 11.9 Å². The van der Waals surface area contributed by atoms with Crippen LogP contribution in [0.3, 0.4) is 0 Å². The first-order valence-electron chi connectivity index (χ1n) is 7.80. The van der Waals surface area contributed by atoms with E-state index in [0.29, 0.717) is 5.82 Å². The number of hydrogen-bond donors (Lipinski definition) is 2. The maximum Gasteiger partial charge on any atom is 0.327 e. The minimum atomic E-state index is -0.513. The number of nitrogens with zero attached hydrogens (tertiary/aromatic N) is 4. The number of amides is 2. The van der Waals surface area contributed by atoms with Crippen molar-refractivity contribution in [2.24, 2.45) is 10.4 Å². The standard InChI is InChI=1S/C17H20N6O2/c1-3-16(20-17(24)19-15-10-7-11-18-22-15)25-23-21-13(2)12-14-8-5-4-6-9-14/h3-11,13H,12H2,1-2H3,(H2,19,20,22,24)/b16-3-,23-21?. The lowest BCUT2D eigenvalue weighted by Crippen LogP contribution is -2.29. The van der Waals surface area contributed by atoms with Gasteiger partial charge in [0.15, 0.2) is 5.82 Å². The monoisotopic (exact) mass is 340 g/mol. The summed E-state index contributed by atoms with van der Waals surface area (Å²) in [6, 6.07) is 12.7. The maximum atomic E-state index is 11.8. The molecule has 2 aromatic rings. The van der Waals surface area contributed by atoms with Gasteiger partial charge in [0.2, 0.25) is 5.88 Å². The highest BCUT2D eigenvalue weighted by molar-refractivity contribution is 5.89. The molecule has 0 aliphatic rings. The first kappa shape index (κ1) is 18.1. The second kappa shape index (κ2) is 9.76. The Labute approximate surface area is 146 Å². The third-order valence-electron chi connectivity index (χ3n) is 3.07. The minimum Gasteiger partial charge on any atom is -0.321 e. The molecule has 0 aliphatic heterocycles. The van der Waals surface area contributed by atoms with Crippen molar-refractivity contribution in [1.29, 1.82) is 0 Å². The van der Waals surface area contributed by atoms with E-state index in [2.05, 4.69) is 31.2 Å². The smallest absolute Gasteiger partial charge is 0.321 e. The largest absolute Gasteiger partial charge is 0.327 e. The summed E-state index contributed by atoms with van der Waals surface area (Å²) in [5, 5.41) is 20.2. The van der Waals surface area contributed by atoms with E-state index in [1.807, 2.05) is 37.3 Å². The van der Waals surface area contributed by atoms with Crippen LogP contribution in [0.2, 0.25) is 0 Å². The number of carbonyl (C=O) groups excluding carboxylic acids is 1. The molecular formula is C17H20N6O2. The fraction of sp³-hybridized carbons (Fsp3) is 0.235. The van der Waals surface area contributed by atoms with E-state index >= 15 is 0 Å². The quantitative estimate of drug-likeness (QED) is 0.458. The minimum absolute atomic E-state index is 0.0473. The Balaban J connectivity index is 1.78. The molecule has 1 aromatic carbocycles. The Morgan fingerprint density at radius 3 is 2.76 bits per heavy atom. The Kier molecular flexibility index (Phi) is 7.05. The van der Waals surface area contributed by atoms with Gasteiger partial charge in [-0.25, -0.2) is 4.79 Å². The van der Waals surface area contributed by atoms with Crippen LogP contribution in [0.1, 0.15) is 19.4 Å². The number of anilines is 1. The average Bonchev–Trinajstić information content (AvgIpc) is 2.62. The van der Waals surface area contributed by atoms with Crippen molar-refractivity contribution >= 4 is 11.8 Å². The highest BCUT2D eigenvalue weighted by Crippen LogP contribution is 2.06. The highest BCUT2D eigenvalue weighted by Gasteiger charge is 2.07. The van der Waals surface area contributed by atoms with E-state index in [4.69, 9.17) is 4.84 Å². The van der Waals surface area contributed by atoms with Gasteiger partial charge in [-0.1, -0.05) is 30.3 Å². The number of urea groups is 1. The predicted molar refractivity (Wildman–Crippen MR) is 93.5 cm³/mol. The number of carbonyl (C=O) groups is 1. The van der Waals surface area contributed by atoms with Gasteiger partial charge in [0.05, 0.1) is 6.04 Å². The fourth-order valence-electron chi connectivity index (χ4n) is 1.92. The number of aromatic nitrogens is 2. The summed E-state index contributed by atoms with van der Waals surface area (Å²) < 4.78 is 0. The molecule has 1 unspecified atom stereocenters. The van der Waals surface area contributed by atoms with Crippen LogP contribution in [0, 0.1) is 0 Å². The van der Waals surface area contributed by atoms with E-state index in [1.54, 1.807) is 25.1 Å². The maximum absolute atomic E-state index is 11.8. The van der Waals surface area contributed by atoms with Crippen LogP contribution in [0.5, 0.6) is 0 Å². The second-order valence-electron chi connectivity index (χ2n) is 5.17. The van der Waals surface area contributed by atoms with Gasteiger partial charge in [-0.2, -0.15) is 5.10 Å². The molecule has 25 heavy (non-hydrogen) atoms. The molecule has 2 rings (SSSR count). The van der Waals surface area contributed by atoms with E-state index in [1.165, 1.54) is 11.8 Å². The van der Waals surface area contributed by atoms with Crippen LogP contribution in [-0.2, 0) is 11.3 Å². The molecule has 8 nitrogen and oxygen atoms in total. The SMILES string of the molecule is C/C=C(/NC(=O)Nc1cccnn1)ON=NC(C)Cc1ccccc1. The molecule has 2 amide bonds. The summed E-state index contributed by atoms with van der Waals surface area (Å²) in [5.41, 5.74) is 1.17. The van der Waals surface area contributed by atoms with E-state index in [0.717, 1.165) is 6.42 Å². The Morgan fingerprint density at radius 2 is 2.08 bits per heavy atom. The molecule has 0 fully saturated rings. The first-order chi connectivity index (χ1) is 12.2. The second-order valence-corrected chi connectivity index (χ2v) is 5.17. The lowest BCUT2D eigenvalue weighted by molar-refractivity contribution is 0.175. The van der Waals surface area contributed by atoms with E-state index in [9.17, 15) is 4.79 Å². The normalized spacial score (nSPS) is 12.6. The molecule has 0 aliphatic carbocycles. The van der Waals surface area contributed by atoms with Gasteiger partial charge in [0.25, 0.3) is 0 Å². The Bertz CT molecular complexity index is 718. The van der Waals surface area contributed by atoms with Crippen molar-refractivity contribution in [2.75, 3.05) is 5.32 Å². The summed E-state index contributed by atoms with van der Waals surface area (Å²) in [6.45, 7) is 3.64. The number of allylic oxidation sites excluding steroid dienone is 1. The lowest BCUT2D eigenvalue weighted by Gasteiger charge is -2.08. The van der Waals surface area contributed by atoms with Crippen LogP contribution in [0.25, 0.3) is 0 Å². The molecule has 130 valence electrons. The van der Waals surface area contributed by atoms with Crippen molar-refractivity contribution in [2.45, 2.75) is 26.3 Å². The van der Waals surface area contributed by atoms with Gasteiger partial charge < -0.3 is 4.84 Å². The van der Waals surface area contributed by atoms with Crippen molar-refractivity contribution < 1.29 is 9.63 Å². The molecule has 2 N–H and O–H groups in total. The van der Waals surface area contributed by atoms with Gasteiger partial charge in [-0.15, -0.1) is 10.2 Å². The molecule has 0 saturated carbocycles. The number of benzene rings is 1. The van der Waals surface area contributed by atoms with Crippen LogP contribution in [-0.4, -0.2) is 22.3 Å². The fourth-order valence-corrected chi connectivity index (χ4v) is 1.92. The molecule has 1 atom stereocenters. The average molecular weight is 340 g/mol. The number of hydrogen-bond acceptors (Lipinski definition) is 6. The molecule has 1 heterocycles. The zero-order valence-electron chi connectivity index (χ0n) is 14.1. The first-order valence-corrected chi connectivity index (χ1v) is 7.80. The predicted octanol–water partition coefficient (Wildman–Crippen LogP) is 3.47.